The van der Waals surface area contributed by atoms with E-state index in [1.54, 1.807) is 17.0 Å². The van der Waals surface area contributed by atoms with Gasteiger partial charge >= 0.3 is 6.01 Å². The average Bonchev–Trinajstić information content (AvgIpc) is 2.81. The Balaban J connectivity index is 1.41. The summed E-state index contributed by atoms with van der Waals surface area (Å²) < 4.78 is 32.9. The summed E-state index contributed by atoms with van der Waals surface area (Å²) in [6, 6.07) is 6.46. The van der Waals surface area contributed by atoms with Crippen molar-refractivity contribution in [3.8, 4) is 6.01 Å². The molecular formula is C21H25ClN4O4S. The van der Waals surface area contributed by atoms with E-state index >= 15 is 0 Å². The van der Waals surface area contributed by atoms with E-state index < -0.39 is 10.0 Å². The molecule has 2 aliphatic rings. The summed E-state index contributed by atoms with van der Waals surface area (Å²) in [4.78, 5) is 23.0. The number of carbonyl (C=O) groups is 1. The van der Waals surface area contributed by atoms with Gasteiger partial charge < -0.3 is 9.64 Å². The van der Waals surface area contributed by atoms with Crippen molar-refractivity contribution in [1.82, 2.24) is 19.2 Å². The fraction of sp³-hybridized carbons (Fsp3) is 0.476. The number of hydrogen-bond donors (Lipinski definition) is 0. The van der Waals surface area contributed by atoms with Gasteiger partial charge in [-0.2, -0.15) is 4.31 Å². The van der Waals surface area contributed by atoms with E-state index in [1.807, 2.05) is 0 Å². The maximum absolute atomic E-state index is 13.0. The smallest absolute Gasteiger partial charge is 0.316 e. The molecule has 2 fully saturated rings. The molecular weight excluding hydrogens is 440 g/mol. The van der Waals surface area contributed by atoms with Crippen LogP contribution >= 0.6 is 11.6 Å². The van der Waals surface area contributed by atoms with E-state index in [-0.39, 0.29) is 22.9 Å². The van der Waals surface area contributed by atoms with Gasteiger partial charge in [-0.1, -0.05) is 18.0 Å². The molecule has 0 saturated carbocycles. The predicted molar refractivity (Wildman–Crippen MR) is 116 cm³/mol. The fourth-order valence-electron chi connectivity index (χ4n) is 3.94. The second-order valence-corrected chi connectivity index (χ2v) is 10.2. The van der Waals surface area contributed by atoms with Crippen LogP contribution in [0.4, 0.5) is 0 Å². The highest BCUT2D eigenvalue weighted by Gasteiger charge is 2.28. The summed E-state index contributed by atoms with van der Waals surface area (Å²) in [5.41, 5.74) is 0.459. The van der Waals surface area contributed by atoms with Gasteiger partial charge in [0.2, 0.25) is 10.0 Å². The molecule has 1 aromatic carbocycles. The van der Waals surface area contributed by atoms with Crippen LogP contribution in [0.25, 0.3) is 0 Å². The Morgan fingerprint density at radius 1 is 1.00 bits per heavy atom. The number of piperidine rings is 2. The standard InChI is InChI=1S/C21H25ClN4O4S/c22-17-13-23-21(24-14-17)30-18-5-4-10-25(15-18)20(27)16-6-8-19(9-7-16)31(28,29)26-11-2-1-3-12-26/h6-9,13-14,18H,1-5,10-12,15H2. The number of halogens is 1. The zero-order valence-corrected chi connectivity index (χ0v) is 18.7. The number of rotatable bonds is 5. The molecule has 10 heteroatoms. The van der Waals surface area contributed by atoms with Gasteiger partial charge in [0.25, 0.3) is 5.91 Å². The van der Waals surface area contributed by atoms with Crippen LogP contribution in [0.15, 0.2) is 41.6 Å². The lowest BCUT2D eigenvalue weighted by atomic mass is 10.1. The molecule has 2 aromatic rings. The topological polar surface area (TPSA) is 92.7 Å². The Morgan fingerprint density at radius 2 is 1.68 bits per heavy atom. The molecule has 4 rings (SSSR count). The van der Waals surface area contributed by atoms with Crippen molar-refractivity contribution in [3.63, 3.8) is 0 Å². The van der Waals surface area contributed by atoms with E-state index in [1.165, 1.54) is 28.8 Å². The normalized spacial score (nSPS) is 20.4. The molecule has 0 spiro atoms. The number of amides is 1. The van der Waals surface area contributed by atoms with Crippen molar-refractivity contribution in [3.05, 3.63) is 47.2 Å². The Hall–Kier alpha value is -2.23. The molecule has 1 amide bonds. The first-order valence-electron chi connectivity index (χ1n) is 10.5. The van der Waals surface area contributed by atoms with Crippen molar-refractivity contribution in [2.45, 2.75) is 43.1 Å². The molecule has 1 atom stereocenters. The molecule has 0 bridgehead atoms. The first-order chi connectivity index (χ1) is 14.9. The van der Waals surface area contributed by atoms with Crippen LogP contribution < -0.4 is 4.74 Å². The Kier molecular flexibility index (Phi) is 6.74. The summed E-state index contributed by atoms with van der Waals surface area (Å²) >= 11 is 5.80. The second kappa shape index (κ2) is 9.50. The third kappa shape index (κ3) is 5.16. The number of benzene rings is 1. The molecule has 1 unspecified atom stereocenters. The van der Waals surface area contributed by atoms with Crippen LogP contribution in [0.2, 0.25) is 5.02 Å². The lowest BCUT2D eigenvalue weighted by molar-refractivity contribution is 0.0515. The molecule has 0 N–H and O–H groups in total. The van der Waals surface area contributed by atoms with E-state index in [2.05, 4.69) is 9.97 Å². The molecule has 0 radical (unpaired) electrons. The molecule has 31 heavy (non-hydrogen) atoms. The number of sulfonamides is 1. The summed E-state index contributed by atoms with van der Waals surface area (Å²) in [5.74, 6) is -0.146. The zero-order valence-electron chi connectivity index (χ0n) is 17.1. The van der Waals surface area contributed by atoms with Crippen molar-refractivity contribution in [1.29, 1.82) is 0 Å². The highest BCUT2D eigenvalue weighted by molar-refractivity contribution is 7.89. The predicted octanol–water partition coefficient (Wildman–Crippen LogP) is 2.99. The molecule has 2 aliphatic heterocycles. The molecule has 1 aromatic heterocycles. The van der Waals surface area contributed by atoms with Gasteiger partial charge in [-0.15, -0.1) is 0 Å². The van der Waals surface area contributed by atoms with Gasteiger partial charge in [0.15, 0.2) is 0 Å². The Labute approximate surface area is 187 Å². The largest absolute Gasteiger partial charge is 0.458 e. The molecule has 0 aliphatic carbocycles. The maximum atomic E-state index is 13.0. The second-order valence-electron chi connectivity index (χ2n) is 7.81. The Morgan fingerprint density at radius 3 is 2.35 bits per heavy atom. The summed E-state index contributed by atoms with van der Waals surface area (Å²) in [6.07, 6.45) is 7.14. The van der Waals surface area contributed by atoms with Gasteiger partial charge in [0.1, 0.15) is 6.10 Å². The number of carbonyl (C=O) groups excluding carboxylic acids is 1. The monoisotopic (exact) mass is 464 g/mol. The zero-order chi connectivity index (χ0) is 21.8. The number of aromatic nitrogens is 2. The third-order valence-corrected chi connectivity index (χ3v) is 7.70. The van der Waals surface area contributed by atoms with Crippen LogP contribution in [0.5, 0.6) is 6.01 Å². The minimum absolute atomic E-state index is 0.146. The summed E-state index contributed by atoms with van der Waals surface area (Å²) in [6.45, 7) is 2.14. The number of likely N-dealkylation sites (tertiary alicyclic amines) is 1. The molecule has 166 valence electrons. The van der Waals surface area contributed by atoms with Crippen molar-refractivity contribution >= 4 is 27.5 Å². The highest BCUT2D eigenvalue weighted by atomic mass is 35.5. The first-order valence-corrected chi connectivity index (χ1v) is 12.3. The SMILES string of the molecule is O=C(c1ccc(S(=O)(=O)N2CCCCC2)cc1)N1CCCC(Oc2ncc(Cl)cn2)C1. The lowest BCUT2D eigenvalue weighted by Crippen LogP contribution is -2.44. The van der Waals surface area contributed by atoms with Gasteiger partial charge in [-0.25, -0.2) is 18.4 Å². The number of nitrogens with zero attached hydrogens (tertiary/aromatic N) is 4. The van der Waals surface area contributed by atoms with Crippen LogP contribution in [0.1, 0.15) is 42.5 Å². The van der Waals surface area contributed by atoms with Crippen molar-refractivity contribution < 1.29 is 17.9 Å². The lowest BCUT2D eigenvalue weighted by Gasteiger charge is -2.32. The molecule has 8 nitrogen and oxygen atoms in total. The molecule has 3 heterocycles. The fourth-order valence-corrected chi connectivity index (χ4v) is 5.55. The number of hydrogen-bond acceptors (Lipinski definition) is 6. The van der Waals surface area contributed by atoms with Crippen LogP contribution in [0, 0.1) is 0 Å². The maximum Gasteiger partial charge on any atom is 0.316 e. The minimum Gasteiger partial charge on any atom is -0.458 e. The van der Waals surface area contributed by atoms with Crippen LogP contribution in [-0.4, -0.2) is 65.8 Å². The third-order valence-electron chi connectivity index (χ3n) is 5.59. The number of ether oxygens (including phenoxy) is 1. The van der Waals surface area contributed by atoms with Gasteiger partial charge in [-0.05, 0) is 49.9 Å². The minimum atomic E-state index is -3.51. The molecule has 2 saturated heterocycles. The van der Waals surface area contributed by atoms with Crippen LogP contribution in [-0.2, 0) is 10.0 Å². The summed E-state index contributed by atoms with van der Waals surface area (Å²) in [5, 5.41) is 0.429. The van der Waals surface area contributed by atoms with E-state index in [0.717, 1.165) is 32.1 Å². The van der Waals surface area contributed by atoms with Gasteiger partial charge in [0.05, 0.1) is 28.9 Å². The van der Waals surface area contributed by atoms with Gasteiger partial charge in [-0.3, -0.25) is 4.79 Å². The van der Waals surface area contributed by atoms with E-state index in [0.29, 0.717) is 36.8 Å². The summed E-state index contributed by atoms with van der Waals surface area (Å²) in [7, 11) is -3.51. The quantitative estimate of drug-likeness (QED) is 0.675. The van der Waals surface area contributed by atoms with Crippen LogP contribution in [0.3, 0.4) is 0 Å². The highest BCUT2D eigenvalue weighted by Crippen LogP contribution is 2.22. The van der Waals surface area contributed by atoms with Crippen molar-refractivity contribution in [2.75, 3.05) is 26.2 Å². The average molecular weight is 465 g/mol. The van der Waals surface area contributed by atoms with E-state index in [4.69, 9.17) is 16.3 Å². The van der Waals surface area contributed by atoms with Gasteiger partial charge in [0, 0.05) is 25.2 Å². The Bertz CT molecular complexity index is 1010. The van der Waals surface area contributed by atoms with E-state index in [9.17, 15) is 13.2 Å². The first kappa shape index (κ1) is 22.0. The van der Waals surface area contributed by atoms with Crippen molar-refractivity contribution in [2.24, 2.45) is 0 Å².